The maximum absolute atomic E-state index is 12.4. The molecule has 1 N–H and O–H groups in total. The van der Waals surface area contributed by atoms with Gasteiger partial charge in [-0.05, 0) is 30.4 Å². The standard InChI is InChI=1S/C16H16N2O2/c19-15-13-10-6-7-11(8-10)14(13)16(20)18(15)9-17-12-4-2-1-3-5-12/h1-7,10-11,13-14,17H,8-9H2/t10-,11-,13+,14+/m1/s1. The fraction of sp³-hybridized carbons (Fsp3) is 0.375. The number of anilines is 1. The van der Waals surface area contributed by atoms with Crippen LogP contribution in [0.25, 0.3) is 0 Å². The number of nitrogens with one attached hydrogen (secondary N) is 1. The molecular weight excluding hydrogens is 252 g/mol. The Labute approximate surface area is 117 Å². The van der Waals surface area contributed by atoms with E-state index in [1.807, 2.05) is 30.3 Å². The van der Waals surface area contributed by atoms with Gasteiger partial charge in [-0.2, -0.15) is 0 Å². The van der Waals surface area contributed by atoms with Gasteiger partial charge in [-0.25, -0.2) is 0 Å². The first-order valence-corrected chi connectivity index (χ1v) is 7.08. The zero-order chi connectivity index (χ0) is 13.7. The third kappa shape index (κ3) is 1.54. The van der Waals surface area contributed by atoms with Crippen molar-refractivity contribution in [3.05, 3.63) is 42.5 Å². The zero-order valence-electron chi connectivity index (χ0n) is 11.0. The predicted octanol–water partition coefficient (Wildman–Crippen LogP) is 1.86. The molecule has 1 saturated carbocycles. The number of benzene rings is 1. The third-order valence-corrected chi connectivity index (χ3v) is 4.78. The number of amides is 2. The molecular formula is C16H16N2O2. The van der Waals surface area contributed by atoms with Crippen LogP contribution in [-0.4, -0.2) is 23.4 Å². The number of rotatable bonds is 3. The second-order valence-electron chi connectivity index (χ2n) is 5.81. The van der Waals surface area contributed by atoms with Crippen molar-refractivity contribution < 1.29 is 9.59 Å². The maximum Gasteiger partial charge on any atom is 0.235 e. The van der Waals surface area contributed by atoms with Crippen LogP contribution in [0.2, 0.25) is 0 Å². The fourth-order valence-electron chi connectivity index (χ4n) is 3.85. The Bertz CT molecular complexity index is 566. The van der Waals surface area contributed by atoms with Crippen LogP contribution in [0.4, 0.5) is 5.69 Å². The SMILES string of the molecule is O=C1[C@@H]2[C@@H](C(=O)N1CNc1ccccc1)[C@@H]1C=C[C@@H]2C1. The summed E-state index contributed by atoms with van der Waals surface area (Å²) in [5.74, 6) is 0.358. The Hall–Kier alpha value is -2.10. The summed E-state index contributed by atoms with van der Waals surface area (Å²) in [6, 6.07) is 9.64. The van der Waals surface area contributed by atoms with Gasteiger partial charge in [0.1, 0.15) is 0 Å². The molecule has 1 aliphatic heterocycles. The number of carbonyl (C=O) groups excluding carboxylic acids is 2. The minimum atomic E-state index is -0.102. The summed E-state index contributed by atoms with van der Waals surface area (Å²) in [6.45, 7) is 0.272. The Morgan fingerprint density at radius 2 is 1.60 bits per heavy atom. The second-order valence-corrected chi connectivity index (χ2v) is 5.81. The number of likely N-dealkylation sites (tertiary alicyclic amines) is 1. The number of fused-ring (bicyclic) bond motifs is 5. The lowest BCUT2D eigenvalue weighted by Gasteiger charge is -2.18. The minimum absolute atomic E-state index is 0.000260. The van der Waals surface area contributed by atoms with Gasteiger partial charge in [0.2, 0.25) is 11.8 Å². The van der Waals surface area contributed by atoms with Gasteiger partial charge in [0, 0.05) is 5.69 Å². The van der Waals surface area contributed by atoms with Crippen molar-refractivity contribution in [2.24, 2.45) is 23.7 Å². The van der Waals surface area contributed by atoms with Gasteiger partial charge in [-0.15, -0.1) is 0 Å². The monoisotopic (exact) mass is 268 g/mol. The Morgan fingerprint density at radius 3 is 2.20 bits per heavy atom. The molecule has 2 aliphatic carbocycles. The highest BCUT2D eigenvalue weighted by Crippen LogP contribution is 2.52. The van der Waals surface area contributed by atoms with E-state index in [1.54, 1.807) is 0 Å². The molecule has 102 valence electrons. The van der Waals surface area contributed by atoms with Crippen molar-refractivity contribution >= 4 is 17.5 Å². The Balaban J connectivity index is 1.51. The van der Waals surface area contributed by atoms with Gasteiger partial charge < -0.3 is 5.32 Å². The molecule has 1 heterocycles. The number of hydrogen-bond donors (Lipinski definition) is 1. The highest BCUT2D eigenvalue weighted by molar-refractivity contribution is 6.06. The van der Waals surface area contributed by atoms with Gasteiger partial charge in [-0.1, -0.05) is 30.4 Å². The van der Waals surface area contributed by atoms with Crippen LogP contribution < -0.4 is 5.32 Å². The molecule has 4 rings (SSSR count). The average molecular weight is 268 g/mol. The van der Waals surface area contributed by atoms with Crippen molar-refractivity contribution in [2.45, 2.75) is 6.42 Å². The number of hydrogen-bond acceptors (Lipinski definition) is 3. The van der Waals surface area contributed by atoms with Crippen LogP contribution in [0, 0.1) is 23.7 Å². The largest absolute Gasteiger partial charge is 0.367 e. The third-order valence-electron chi connectivity index (χ3n) is 4.78. The van der Waals surface area contributed by atoms with E-state index in [2.05, 4.69) is 17.5 Å². The van der Waals surface area contributed by atoms with Gasteiger partial charge in [-0.3, -0.25) is 14.5 Å². The summed E-state index contributed by atoms with van der Waals surface area (Å²) in [4.78, 5) is 26.3. The van der Waals surface area contributed by atoms with Crippen molar-refractivity contribution in [1.82, 2.24) is 4.90 Å². The van der Waals surface area contributed by atoms with E-state index in [1.165, 1.54) is 4.90 Å². The summed E-state index contributed by atoms with van der Waals surface area (Å²) in [5, 5.41) is 3.15. The summed E-state index contributed by atoms with van der Waals surface area (Å²) in [6.07, 6.45) is 5.21. The summed E-state index contributed by atoms with van der Waals surface area (Å²) >= 11 is 0. The quantitative estimate of drug-likeness (QED) is 0.672. The van der Waals surface area contributed by atoms with E-state index >= 15 is 0 Å². The van der Waals surface area contributed by atoms with Crippen molar-refractivity contribution in [1.29, 1.82) is 0 Å². The molecule has 20 heavy (non-hydrogen) atoms. The molecule has 1 saturated heterocycles. The molecule has 0 aromatic heterocycles. The minimum Gasteiger partial charge on any atom is -0.367 e. The topological polar surface area (TPSA) is 49.4 Å². The molecule has 0 unspecified atom stereocenters. The van der Waals surface area contributed by atoms with Crippen molar-refractivity contribution in [3.8, 4) is 0 Å². The molecule has 0 radical (unpaired) electrons. The average Bonchev–Trinajstić information content (AvgIpc) is 3.13. The van der Waals surface area contributed by atoms with E-state index in [4.69, 9.17) is 0 Å². The maximum atomic E-state index is 12.4. The van der Waals surface area contributed by atoms with Gasteiger partial charge in [0.15, 0.2) is 0 Å². The second kappa shape index (κ2) is 4.20. The van der Waals surface area contributed by atoms with Gasteiger partial charge in [0.25, 0.3) is 0 Å². The molecule has 1 aromatic rings. The number of allylic oxidation sites excluding steroid dienone is 2. The molecule has 4 atom stereocenters. The van der Waals surface area contributed by atoms with E-state index in [0.717, 1.165) is 12.1 Å². The van der Waals surface area contributed by atoms with Crippen LogP contribution in [0.5, 0.6) is 0 Å². The van der Waals surface area contributed by atoms with Crippen LogP contribution in [0.1, 0.15) is 6.42 Å². The Morgan fingerprint density at radius 1 is 1.00 bits per heavy atom. The smallest absolute Gasteiger partial charge is 0.235 e. The van der Waals surface area contributed by atoms with Crippen LogP contribution in [0.15, 0.2) is 42.5 Å². The zero-order valence-corrected chi connectivity index (χ0v) is 11.0. The number of imide groups is 1. The highest BCUT2D eigenvalue weighted by atomic mass is 16.2. The Kier molecular flexibility index (Phi) is 2.46. The van der Waals surface area contributed by atoms with Crippen LogP contribution in [-0.2, 0) is 9.59 Å². The molecule has 2 fully saturated rings. The normalized spacial score (nSPS) is 33.9. The molecule has 2 bridgehead atoms. The summed E-state index contributed by atoms with van der Waals surface area (Å²) in [5.41, 5.74) is 0.922. The lowest BCUT2D eigenvalue weighted by Crippen LogP contribution is -2.37. The molecule has 3 aliphatic rings. The molecule has 4 nitrogen and oxygen atoms in total. The van der Waals surface area contributed by atoms with Crippen LogP contribution >= 0.6 is 0 Å². The number of carbonyl (C=O) groups is 2. The predicted molar refractivity (Wildman–Crippen MR) is 74.5 cm³/mol. The first kappa shape index (κ1) is 11.7. The van der Waals surface area contributed by atoms with Crippen LogP contribution in [0.3, 0.4) is 0 Å². The first-order valence-electron chi connectivity index (χ1n) is 7.08. The molecule has 2 amide bonds. The lowest BCUT2D eigenvalue weighted by molar-refractivity contribution is -0.140. The van der Waals surface area contributed by atoms with Crippen molar-refractivity contribution in [3.63, 3.8) is 0 Å². The summed E-state index contributed by atoms with van der Waals surface area (Å²) in [7, 11) is 0. The number of para-hydroxylation sites is 1. The lowest BCUT2D eigenvalue weighted by atomic mass is 9.85. The number of nitrogens with zero attached hydrogens (tertiary/aromatic N) is 1. The fourth-order valence-corrected chi connectivity index (χ4v) is 3.85. The highest BCUT2D eigenvalue weighted by Gasteiger charge is 2.59. The first-order chi connectivity index (χ1) is 9.75. The summed E-state index contributed by atoms with van der Waals surface area (Å²) < 4.78 is 0. The molecule has 0 spiro atoms. The van der Waals surface area contributed by atoms with E-state index in [-0.39, 0.29) is 42.2 Å². The van der Waals surface area contributed by atoms with Gasteiger partial charge >= 0.3 is 0 Å². The van der Waals surface area contributed by atoms with E-state index in [0.29, 0.717) is 0 Å². The van der Waals surface area contributed by atoms with Gasteiger partial charge in [0.05, 0.1) is 18.5 Å². The van der Waals surface area contributed by atoms with E-state index < -0.39 is 0 Å². The van der Waals surface area contributed by atoms with Crippen molar-refractivity contribution in [2.75, 3.05) is 12.0 Å². The molecule has 1 aromatic carbocycles. The molecule has 4 heteroatoms. The van der Waals surface area contributed by atoms with E-state index in [9.17, 15) is 9.59 Å².